The van der Waals surface area contributed by atoms with Gasteiger partial charge in [0.15, 0.2) is 0 Å². The number of ether oxygens (including phenoxy) is 4. The summed E-state index contributed by atoms with van der Waals surface area (Å²) < 4.78 is 23.9. The molecule has 2 atom stereocenters. The maximum atomic E-state index is 6.43. The molecule has 30 heavy (non-hydrogen) atoms. The van der Waals surface area contributed by atoms with Gasteiger partial charge in [0.2, 0.25) is 0 Å². The quantitative estimate of drug-likeness (QED) is 0.393. The lowest BCUT2D eigenvalue weighted by molar-refractivity contribution is 0.203. The van der Waals surface area contributed by atoms with Crippen LogP contribution in [0.25, 0.3) is 21.5 Å². The lowest BCUT2D eigenvalue weighted by atomic mass is 9.85. The zero-order chi connectivity index (χ0) is 21.1. The first-order valence-electron chi connectivity index (χ1n) is 10.7. The van der Waals surface area contributed by atoms with Gasteiger partial charge in [-0.3, -0.25) is 0 Å². The second kappa shape index (κ2) is 6.60. The summed E-state index contributed by atoms with van der Waals surface area (Å²) in [6, 6.07) is 15.0. The van der Waals surface area contributed by atoms with Crippen LogP contribution in [0.4, 0.5) is 0 Å². The third kappa shape index (κ3) is 3.63. The SMILES string of the molecule is CC1(COc2c3ccccc3c(OCC3(C)CO3)c3cc(C(C)(C)C)ccc23)CO1. The molecule has 2 saturated heterocycles. The van der Waals surface area contributed by atoms with Crippen molar-refractivity contribution in [3.8, 4) is 11.5 Å². The van der Waals surface area contributed by atoms with Crippen LogP contribution >= 0.6 is 0 Å². The molecule has 3 aromatic carbocycles. The Labute approximate surface area is 178 Å². The van der Waals surface area contributed by atoms with E-state index in [1.165, 1.54) is 5.56 Å². The summed E-state index contributed by atoms with van der Waals surface area (Å²) in [6.45, 7) is 13.4. The van der Waals surface area contributed by atoms with Gasteiger partial charge in [-0.15, -0.1) is 0 Å². The summed E-state index contributed by atoms with van der Waals surface area (Å²) in [5, 5.41) is 4.29. The van der Waals surface area contributed by atoms with Crippen molar-refractivity contribution in [2.45, 2.75) is 51.2 Å². The normalized spacial score (nSPS) is 25.5. The summed E-state index contributed by atoms with van der Waals surface area (Å²) in [7, 11) is 0. The fourth-order valence-electron chi connectivity index (χ4n) is 3.74. The lowest BCUT2D eigenvalue weighted by Gasteiger charge is -2.23. The van der Waals surface area contributed by atoms with Crippen LogP contribution in [0.15, 0.2) is 42.5 Å². The largest absolute Gasteiger partial charge is 0.489 e. The Balaban J connectivity index is 1.71. The Morgan fingerprint density at radius 1 is 0.767 bits per heavy atom. The molecule has 0 aromatic heterocycles. The third-order valence-electron chi connectivity index (χ3n) is 6.11. The Morgan fingerprint density at radius 2 is 1.23 bits per heavy atom. The highest BCUT2D eigenvalue weighted by Crippen LogP contribution is 2.45. The van der Waals surface area contributed by atoms with E-state index in [0.29, 0.717) is 13.2 Å². The second-order valence-electron chi connectivity index (χ2n) is 10.3. The molecule has 0 saturated carbocycles. The summed E-state index contributed by atoms with van der Waals surface area (Å²) in [5.41, 5.74) is 0.958. The topological polar surface area (TPSA) is 43.5 Å². The van der Waals surface area contributed by atoms with E-state index < -0.39 is 0 Å². The Bertz CT molecular complexity index is 1120. The van der Waals surface area contributed by atoms with Gasteiger partial charge in [-0.1, -0.05) is 57.2 Å². The minimum Gasteiger partial charge on any atom is -0.489 e. The molecule has 0 radical (unpaired) electrons. The predicted molar refractivity (Wildman–Crippen MR) is 120 cm³/mol. The van der Waals surface area contributed by atoms with Crippen LogP contribution in [0.3, 0.4) is 0 Å². The maximum Gasteiger partial charge on any atom is 0.135 e. The molecule has 0 spiro atoms. The number of epoxide rings is 2. The molecule has 0 aliphatic carbocycles. The highest BCUT2D eigenvalue weighted by atomic mass is 16.6. The second-order valence-corrected chi connectivity index (χ2v) is 10.3. The van der Waals surface area contributed by atoms with Gasteiger partial charge in [0, 0.05) is 21.5 Å². The molecule has 2 heterocycles. The Kier molecular flexibility index (Phi) is 4.32. The number of hydrogen-bond acceptors (Lipinski definition) is 4. The number of benzene rings is 3. The van der Waals surface area contributed by atoms with Gasteiger partial charge in [-0.25, -0.2) is 0 Å². The van der Waals surface area contributed by atoms with Crippen molar-refractivity contribution in [1.82, 2.24) is 0 Å². The van der Waals surface area contributed by atoms with Crippen molar-refractivity contribution in [2.24, 2.45) is 0 Å². The zero-order valence-corrected chi connectivity index (χ0v) is 18.5. The molecule has 0 amide bonds. The van der Waals surface area contributed by atoms with Crippen molar-refractivity contribution < 1.29 is 18.9 Å². The molecular formula is C26H30O4. The highest BCUT2D eigenvalue weighted by molar-refractivity contribution is 6.11. The number of fused-ring (bicyclic) bond motifs is 2. The molecule has 2 aliphatic heterocycles. The molecule has 0 N–H and O–H groups in total. The predicted octanol–water partition coefficient (Wildman–Crippen LogP) is 5.63. The summed E-state index contributed by atoms with van der Waals surface area (Å²) >= 11 is 0. The van der Waals surface area contributed by atoms with Gasteiger partial charge in [-0.05, 0) is 30.9 Å². The smallest absolute Gasteiger partial charge is 0.135 e. The van der Waals surface area contributed by atoms with Crippen molar-refractivity contribution in [1.29, 1.82) is 0 Å². The molecule has 2 unspecified atom stereocenters. The van der Waals surface area contributed by atoms with E-state index in [-0.39, 0.29) is 16.6 Å². The average Bonchev–Trinajstić information content (AvgIpc) is 3.63. The van der Waals surface area contributed by atoms with Crippen LogP contribution in [0.5, 0.6) is 11.5 Å². The van der Waals surface area contributed by atoms with E-state index in [1.807, 2.05) is 0 Å². The van der Waals surface area contributed by atoms with Gasteiger partial charge in [0.05, 0.1) is 13.2 Å². The van der Waals surface area contributed by atoms with Crippen molar-refractivity contribution in [3.05, 3.63) is 48.0 Å². The number of rotatable bonds is 6. The Hall–Kier alpha value is -2.30. The lowest BCUT2D eigenvalue weighted by Crippen LogP contribution is -2.18. The molecule has 4 nitrogen and oxygen atoms in total. The van der Waals surface area contributed by atoms with Crippen molar-refractivity contribution >= 4 is 21.5 Å². The van der Waals surface area contributed by atoms with Crippen LogP contribution in [-0.2, 0) is 14.9 Å². The fourth-order valence-corrected chi connectivity index (χ4v) is 3.74. The molecular weight excluding hydrogens is 376 g/mol. The van der Waals surface area contributed by atoms with E-state index in [4.69, 9.17) is 18.9 Å². The first kappa shape index (κ1) is 19.7. The van der Waals surface area contributed by atoms with E-state index in [2.05, 4.69) is 77.1 Å². The summed E-state index contributed by atoms with van der Waals surface area (Å²) in [6.07, 6.45) is 0. The van der Waals surface area contributed by atoms with Gasteiger partial charge in [0.25, 0.3) is 0 Å². The maximum absolute atomic E-state index is 6.43. The van der Waals surface area contributed by atoms with Crippen LogP contribution in [-0.4, -0.2) is 37.6 Å². The van der Waals surface area contributed by atoms with Crippen LogP contribution in [0.2, 0.25) is 0 Å². The molecule has 3 aromatic rings. The first-order chi connectivity index (χ1) is 14.2. The molecule has 4 heteroatoms. The summed E-state index contributed by atoms with van der Waals surface area (Å²) in [4.78, 5) is 0. The molecule has 2 aliphatic rings. The van der Waals surface area contributed by atoms with Gasteiger partial charge < -0.3 is 18.9 Å². The molecule has 2 fully saturated rings. The van der Waals surface area contributed by atoms with Gasteiger partial charge in [-0.2, -0.15) is 0 Å². The fraction of sp³-hybridized carbons (Fsp3) is 0.462. The van der Waals surface area contributed by atoms with E-state index in [9.17, 15) is 0 Å². The molecule has 158 valence electrons. The average molecular weight is 407 g/mol. The van der Waals surface area contributed by atoms with Gasteiger partial charge >= 0.3 is 0 Å². The van der Waals surface area contributed by atoms with Crippen LogP contribution < -0.4 is 9.47 Å². The van der Waals surface area contributed by atoms with Crippen molar-refractivity contribution in [3.63, 3.8) is 0 Å². The standard InChI is InChI=1S/C26H30O4/c1-24(2,3)17-10-11-20-21(12-17)23(28-14-26(5)16-30-26)19-9-7-6-8-18(19)22(20)27-13-25(4)15-29-25/h6-12H,13-16H2,1-5H3. The monoisotopic (exact) mass is 406 g/mol. The summed E-state index contributed by atoms with van der Waals surface area (Å²) in [5.74, 6) is 1.81. The molecule has 0 bridgehead atoms. The van der Waals surface area contributed by atoms with Gasteiger partial charge in [0.1, 0.15) is 35.9 Å². The first-order valence-corrected chi connectivity index (χ1v) is 10.7. The molecule has 5 rings (SSSR count). The van der Waals surface area contributed by atoms with Crippen molar-refractivity contribution in [2.75, 3.05) is 26.4 Å². The minimum atomic E-state index is -0.178. The van der Waals surface area contributed by atoms with E-state index in [1.54, 1.807) is 0 Å². The zero-order valence-electron chi connectivity index (χ0n) is 18.5. The van der Waals surface area contributed by atoms with E-state index in [0.717, 1.165) is 46.3 Å². The van der Waals surface area contributed by atoms with Crippen LogP contribution in [0, 0.1) is 0 Å². The number of hydrogen-bond donors (Lipinski definition) is 0. The van der Waals surface area contributed by atoms with Crippen LogP contribution in [0.1, 0.15) is 40.2 Å². The third-order valence-corrected chi connectivity index (χ3v) is 6.11. The highest BCUT2D eigenvalue weighted by Gasteiger charge is 2.41. The Morgan fingerprint density at radius 3 is 1.70 bits per heavy atom. The minimum absolute atomic E-state index is 0.0407. The van der Waals surface area contributed by atoms with E-state index >= 15 is 0 Å².